The van der Waals surface area contributed by atoms with E-state index < -0.39 is 0 Å². The first kappa shape index (κ1) is 18.9. The fraction of sp³-hybridized carbons (Fsp3) is 0.417. The predicted octanol–water partition coefficient (Wildman–Crippen LogP) is 5.69. The largest absolute Gasteiger partial charge is 0.298 e. The minimum Gasteiger partial charge on any atom is -0.298 e. The number of allylic oxidation sites excluding steroid dienone is 1. The number of non-ortho nitro benzene ring substituents is 1. The lowest BCUT2D eigenvalue weighted by molar-refractivity contribution is -0.384. The molecule has 3 aliphatic rings. The molecule has 1 fully saturated rings. The van der Waals surface area contributed by atoms with Crippen LogP contribution in [0, 0.1) is 27.4 Å². The monoisotopic (exact) mass is 376 g/mol. The van der Waals surface area contributed by atoms with Gasteiger partial charge < -0.3 is 0 Å². The van der Waals surface area contributed by atoms with Crippen molar-refractivity contribution in [2.75, 3.05) is 13.6 Å². The molecule has 0 unspecified atom stereocenters. The van der Waals surface area contributed by atoms with E-state index in [0.29, 0.717) is 5.41 Å². The maximum absolute atomic E-state index is 11.0. The average Bonchev–Trinajstić information content (AvgIpc) is 2.68. The van der Waals surface area contributed by atoms with Crippen molar-refractivity contribution in [3.05, 3.63) is 75.9 Å². The Morgan fingerprint density at radius 3 is 2.50 bits per heavy atom. The van der Waals surface area contributed by atoms with E-state index in [2.05, 4.69) is 56.1 Å². The summed E-state index contributed by atoms with van der Waals surface area (Å²) in [7, 11) is 2.19. The molecule has 1 saturated carbocycles. The van der Waals surface area contributed by atoms with Gasteiger partial charge >= 0.3 is 0 Å². The van der Waals surface area contributed by atoms with Crippen molar-refractivity contribution in [1.82, 2.24) is 4.90 Å². The van der Waals surface area contributed by atoms with Gasteiger partial charge in [-0.2, -0.15) is 0 Å². The lowest BCUT2D eigenvalue weighted by Crippen LogP contribution is -2.49. The number of rotatable bonds is 6. The third-order valence-electron chi connectivity index (χ3n) is 6.83. The van der Waals surface area contributed by atoms with Crippen molar-refractivity contribution in [3.63, 3.8) is 0 Å². The highest BCUT2D eigenvalue weighted by Crippen LogP contribution is 2.59. The number of nitrogens with zero attached hydrogens (tertiary/aromatic N) is 2. The summed E-state index contributed by atoms with van der Waals surface area (Å²) in [6.07, 6.45) is 5.08. The van der Waals surface area contributed by atoms with Crippen LogP contribution in [0.2, 0.25) is 0 Å². The minimum atomic E-state index is -0.349. The minimum absolute atomic E-state index is 0.128. The van der Waals surface area contributed by atoms with Crippen molar-refractivity contribution >= 4 is 5.69 Å². The summed E-state index contributed by atoms with van der Waals surface area (Å²) in [5.74, 6) is 1.64. The standard InChI is InChI=1S/C24H28N2O2/c1-24(2)21-12-11-20(23(24)14-21)16-25(3)15-17-7-9-18(10-8-17)19-5-4-6-22(13-19)26(27)28/h4-11,13,21,23H,12,14-16H2,1-3H3/t21-,23-/m0/s1. The van der Waals surface area contributed by atoms with E-state index in [-0.39, 0.29) is 10.6 Å². The van der Waals surface area contributed by atoms with Crippen LogP contribution in [-0.4, -0.2) is 23.4 Å². The Labute approximate surface area is 167 Å². The van der Waals surface area contributed by atoms with E-state index in [4.69, 9.17) is 0 Å². The second kappa shape index (κ2) is 7.17. The molecule has 2 aromatic rings. The molecule has 4 heteroatoms. The number of benzene rings is 2. The molecule has 2 atom stereocenters. The molecular formula is C24H28N2O2. The van der Waals surface area contributed by atoms with Crippen LogP contribution in [0.4, 0.5) is 5.69 Å². The van der Waals surface area contributed by atoms with Gasteiger partial charge in [0.05, 0.1) is 4.92 Å². The first-order valence-electron chi connectivity index (χ1n) is 10.1. The van der Waals surface area contributed by atoms with Gasteiger partial charge in [0.1, 0.15) is 0 Å². The Hall–Kier alpha value is -2.46. The normalized spacial score (nSPS) is 22.5. The van der Waals surface area contributed by atoms with E-state index >= 15 is 0 Å². The quantitative estimate of drug-likeness (QED) is 0.370. The van der Waals surface area contributed by atoms with Gasteiger partial charge in [0.15, 0.2) is 0 Å². The van der Waals surface area contributed by atoms with Crippen LogP contribution >= 0.6 is 0 Å². The number of hydrogen-bond acceptors (Lipinski definition) is 3. The topological polar surface area (TPSA) is 46.4 Å². The van der Waals surface area contributed by atoms with E-state index in [9.17, 15) is 10.1 Å². The molecule has 3 aliphatic carbocycles. The highest BCUT2D eigenvalue weighted by Gasteiger charge is 2.50. The van der Waals surface area contributed by atoms with Gasteiger partial charge in [0.2, 0.25) is 0 Å². The summed E-state index contributed by atoms with van der Waals surface area (Å²) < 4.78 is 0. The summed E-state index contributed by atoms with van der Waals surface area (Å²) in [6, 6.07) is 15.2. The number of hydrogen-bond donors (Lipinski definition) is 0. The maximum atomic E-state index is 11.0. The second-order valence-corrected chi connectivity index (χ2v) is 9.00. The van der Waals surface area contributed by atoms with Gasteiger partial charge in [-0.15, -0.1) is 0 Å². The van der Waals surface area contributed by atoms with Crippen LogP contribution in [-0.2, 0) is 6.54 Å². The van der Waals surface area contributed by atoms with Gasteiger partial charge in [-0.3, -0.25) is 15.0 Å². The fourth-order valence-electron chi connectivity index (χ4n) is 4.94. The Bertz CT molecular complexity index is 914. The SMILES string of the molecule is CN(CC1=CC[C@H]2C[C@@H]1C2(C)C)Cc1ccc(-c2cccc([N+](=O)[O-])c2)cc1. The molecular weight excluding hydrogens is 348 g/mol. The molecule has 0 spiro atoms. The third-order valence-corrected chi connectivity index (χ3v) is 6.83. The van der Waals surface area contributed by atoms with Crippen LogP contribution < -0.4 is 0 Å². The number of nitro benzene ring substituents is 1. The van der Waals surface area contributed by atoms with Gasteiger partial charge in [-0.05, 0) is 53.8 Å². The summed E-state index contributed by atoms with van der Waals surface area (Å²) >= 11 is 0. The molecule has 28 heavy (non-hydrogen) atoms. The average molecular weight is 377 g/mol. The maximum Gasteiger partial charge on any atom is 0.270 e. The van der Waals surface area contributed by atoms with E-state index in [1.165, 1.54) is 24.5 Å². The number of fused-ring (bicyclic) bond motifs is 1. The molecule has 0 radical (unpaired) electrons. The number of nitro groups is 1. The Kier molecular flexibility index (Phi) is 4.84. The molecule has 2 bridgehead atoms. The zero-order valence-corrected chi connectivity index (χ0v) is 16.9. The van der Waals surface area contributed by atoms with Crippen LogP contribution in [0.5, 0.6) is 0 Å². The highest BCUT2D eigenvalue weighted by atomic mass is 16.6. The van der Waals surface area contributed by atoms with Crippen molar-refractivity contribution in [3.8, 4) is 11.1 Å². The second-order valence-electron chi connectivity index (χ2n) is 9.00. The molecule has 0 aromatic heterocycles. The van der Waals surface area contributed by atoms with Crippen LogP contribution in [0.1, 0.15) is 32.3 Å². The molecule has 0 saturated heterocycles. The summed E-state index contributed by atoms with van der Waals surface area (Å²) in [6.45, 7) is 6.79. The zero-order valence-electron chi connectivity index (χ0n) is 16.9. The molecule has 0 aliphatic heterocycles. The van der Waals surface area contributed by atoms with E-state index in [0.717, 1.165) is 36.1 Å². The molecule has 0 N–H and O–H groups in total. The molecule has 5 rings (SSSR count). The number of likely N-dealkylation sites (N-methyl/N-ethyl adjacent to an activating group) is 1. The van der Waals surface area contributed by atoms with Crippen molar-refractivity contribution in [2.45, 2.75) is 33.2 Å². The highest BCUT2D eigenvalue weighted by molar-refractivity contribution is 5.66. The summed E-state index contributed by atoms with van der Waals surface area (Å²) in [5.41, 5.74) is 5.37. The van der Waals surface area contributed by atoms with Gasteiger partial charge in [0, 0.05) is 25.2 Å². The Morgan fingerprint density at radius 1 is 1.11 bits per heavy atom. The fourth-order valence-corrected chi connectivity index (χ4v) is 4.94. The van der Waals surface area contributed by atoms with Crippen molar-refractivity contribution < 1.29 is 4.92 Å². The van der Waals surface area contributed by atoms with Crippen molar-refractivity contribution in [1.29, 1.82) is 0 Å². The molecule has 4 nitrogen and oxygen atoms in total. The van der Waals surface area contributed by atoms with E-state index in [1.807, 2.05) is 6.07 Å². The lowest BCUT2D eigenvalue weighted by Gasteiger charge is -2.57. The first-order valence-corrected chi connectivity index (χ1v) is 10.1. The van der Waals surface area contributed by atoms with Crippen LogP contribution in [0.25, 0.3) is 11.1 Å². The van der Waals surface area contributed by atoms with Crippen molar-refractivity contribution in [2.24, 2.45) is 17.3 Å². The lowest BCUT2D eigenvalue weighted by atomic mass is 9.49. The Balaban J connectivity index is 1.40. The summed E-state index contributed by atoms with van der Waals surface area (Å²) in [5, 5.41) is 11.0. The van der Waals surface area contributed by atoms with Gasteiger partial charge in [-0.25, -0.2) is 0 Å². The smallest absolute Gasteiger partial charge is 0.270 e. The van der Waals surface area contributed by atoms with Gasteiger partial charge in [-0.1, -0.05) is 61.9 Å². The molecule has 2 aromatic carbocycles. The first-order chi connectivity index (χ1) is 13.3. The van der Waals surface area contributed by atoms with Gasteiger partial charge in [0.25, 0.3) is 5.69 Å². The third kappa shape index (κ3) is 3.49. The van der Waals surface area contributed by atoms with Crippen LogP contribution in [0.15, 0.2) is 60.2 Å². The van der Waals surface area contributed by atoms with Crippen LogP contribution in [0.3, 0.4) is 0 Å². The summed E-state index contributed by atoms with van der Waals surface area (Å²) in [4.78, 5) is 13.0. The molecule has 0 heterocycles. The molecule has 146 valence electrons. The predicted molar refractivity (Wildman–Crippen MR) is 113 cm³/mol. The Morgan fingerprint density at radius 2 is 1.86 bits per heavy atom. The van der Waals surface area contributed by atoms with E-state index in [1.54, 1.807) is 17.7 Å². The zero-order chi connectivity index (χ0) is 19.9. The molecule has 0 amide bonds.